The van der Waals surface area contributed by atoms with E-state index in [-0.39, 0.29) is 24.0 Å². The summed E-state index contributed by atoms with van der Waals surface area (Å²) in [6.07, 6.45) is 11.2. The Kier molecular flexibility index (Phi) is 9.79. The van der Waals surface area contributed by atoms with Gasteiger partial charge in [0.05, 0.1) is 16.6 Å². The van der Waals surface area contributed by atoms with Crippen LogP contribution in [0.15, 0.2) is 15.7 Å². The first-order chi connectivity index (χ1) is 14.8. The molecule has 1 atom stereocenters. The third-order valence-corrected chi connectivity index (χ3v) is 5.51. The molecule has 0 aliphatic heterocycles. The molecule has 1 aliphatic rings. The quantitative estimate of drug-likeness (QED) is 0.516. The van der Waals surface area contributed by atoms with Crippen LogP contribution in [-0.2, 0) is 0 Å². The fourth-order valence-corrected chi connectivity index (χ4v) is 3.88. The Bertz CT molecular complexity index is 1020. The maximum Gasteiger partial charge on any atom is 0.350 e. The summed E-state index contributed by atoms with van der Waals surface area (Å²) in [5.74, 6) is 5.35. The van der Waals surface area contributed by atoms with Crippen molar-refractivity contribution in [2.75, 3.05) is 30.9 Å². The molecule has 0 amide bonds. The van der Waals surface area contributed by atoms with Crippen LogP contribution < -0.4 is 22.0 Å². The number of aliphatic hydroxyl groups is 1. The van der Waals surface area contributed by atoms with Crippen molar-refractivity contribution in [1.29, 1.82) is 0 Å². The highest BCUT2D eigenvalue weighted by molar-refractivity contribution is 5.87. The van der Waals surface area contributed by atoms with Gasteiger partial charge in [0.25, 0.3) is 5.56 Å². The van der Waals surface area contributed by atoms with E-state index in [4.69, 9.17) is 5.84 Å². The van der Waals surface area contributed by atoms with E-state index in [2.05, 4.69) is 12.8 Å². The number of aliphatic hydroxyl groups excluding tert-OH is 1. The molecule has 1 saturated carbocycles. The summed E-state index contributed by atoms with van der Waals surface area (Å²) in [6, 6.07) is 1.18. The highest BCUT2D eigenvalue weighted by Gasteiger charge is 2.30. The molecule has 1 fully saturated rings. The Labute approximate surface area is 183 Å². The molecule has 31 heavy (non-hydrogen) atoms. The number of aryl methyl sites for hydroxylation is 1. The zero-order chi connectivity index (χ0) is 23.9. The zero-order valence-electron chi connectivity index (χ0n) is 19.2. The van der Waals surface area contributed by atoms with E-state index in [1.54, 1.807) is 14.0 Å². The number of hydrogen-bond donors (Lipinski definition) is 2. The number of terminal acetylenes is 1. The van der Waals surface area contributed by atoms with E-state index in [0.717, 1.165) is 19.3 Å². The van der Waals surface area contributed by atoms with Gasteiger partial charge in [-0.15, -0.1) is 12.8 Å². The Balaban J connectivity index is 0.00000113. The number of rotatable bonds is 7. The summed E-state index contributed by atoms with van der Waals surface area (Å²) in [5, 5.41) is 9.34. The van der Waals surface area contributed by atoms with Crippen LogP contribution in [0.25, 0.3) is 10.9 Å². The molecule has 0 spiro atoms. The molecule has 1 heterocycles. The Morgan fingerprint density at radius 2 is 1.90 bits per heavy atom. The largest absolute Gasteiger partial charge is 0.396 e. The average molecular weight is 435 g/mol. The molecular formula is C23H35FN4O3. The molecule has 0 saturated heterocycles. The Morgan fingerprint density at radius 3 is 2.39 bits per heavy atom. The lowest BCUT2D eigenvalue weighted by Crippen LogP contribution is -2.44. The van der Waals surface area contributed by atoms with Crippen molar-refractivity contribution in [3.8, 4) is 12.8 Å². The van der Waals surface area contributed by atoms with E-state index < -0.39 is 17.1 Å². The van der Waals surface area contributed by atoms with Crippen LogP contribution in [0.1, 0.15) is 58.1 Å². The van der Waals surface area contributed by atoms with E-state index in [1.165, 1.54) is 10.6 Å². The summed E-state index contributed by atoms with van der Waals surface area (Å²) in [5.41, 5.74) is 0.155. The van der Waals surface area contributed by atoms with Crippen LogP contribution in [0.5, 0.6) is 0 Å². The minimum absolute atomic E-state index is 0.00417. The fourth-order valence-electron chi connectivity index (χ4n) is 3.88. The van der Waals surface area contributed by atoms with Gasteiger partial charge >= 0.3 is 5.69 Å². The summed E-state index contributed by atoms with van der Waals surface area (Å²) in [4.78, 5) is 26.8. The zero-order valence-corrected chi connectivity index (χ0v) is 19.2. The number of nitrogens with two attached hydrogens (primary N) is 1. The predicted octanol–water partition coefficient (Wildman–Crippen LogP) is 2.78. The Hall–Kier alpha value is -2.79. The van der Waals surface area contributed by atoms with Gasteiger partial charge in [0.2, 0.25) is 0 Å². The molecule has 0 radical (unpaired) electrons. The maximum atomic E-state index is 15.0. The monoisotopic (exact) mass is 434 g/mol. The fraction of sp³-hybridized carbons (Fsp3) is 0.565. The van der Waals surface area contributed by atoms with Crippen LogP contribution in [0, 0.1) is 31.5 Å². The highest BCUT2D eigenvalue weighted by atomic mass is 19.1. The molecule has 2 aromatic rings. The number of aromatic nitrogens is 2. The van der Waals surface area contributed by atoms with Gasteiger partial charge in [0, 0.05) is 31.8 Å². The van der Waals surface area contributed by atoms with Crippen molar-refractivity contribution in [1.82, 2.24) is 9.24 Å². The lowest BCUT2D eigenvalue weighted by Gasteiger charge is -2.27. The predicted molar refractivity (Wildman–Crippen MR) is 126 cm³/mol. The number of benzene rings is 1. The molecule has 1 aromatic heterocycles. The van der Waals surface area contributed by atoms with Crippen molar-refractivity contribution >= 4 is 16.6 Å². The van der Waals surface area contributed by atoms with Crippen LogP contribution in [0.3, 0.4) is 0 Å². The van der Waals surface area contributed by atoms with Gasteiger partial charge in [-0.1, -0.05) is 27.2 Å². The maximum absolute atomic E-state index is 15.0. The number of nitrogen functional groups attached to an aromatic ring is 1. The van der Waals surface area contributed by atoms with Gasteiger partial charge in [-0.25, -0.2) is 9.18 Å². The second-order valence-electron chi connectivity index (χ2n) is 7.45. The van der Waals surface area contributed by atoms with Crippen LogP contribution in [0.2, 0.25) is 0 Å². The van der Waals surface area contributed by atoms with Crippen molar-refractivity contribution in [2.45, 2.75) is 59.4 Å². The molecule has 7 nitrogen and oxygen atoms in total. The first-order valence-electron chi connectivity index (χ1n) is 10.7. The average Bonchev–Trinajstić information content (AvgIpc) is 3.61. The van der Waals surface area contributed by atoms with Gasteiger partial charge < -0.3 is 15.8 Å². The van der Waals surface area contributed by atoms with E-state index >= 15 is 0 Å². The number of halogens is 1. The topological polar surface area (TPSA) is 93.5 Å². The first kappa shape index (κ1) is 26.2. The summed E-state index contributed by atoms with van der Waals surface area (Å²) in [7, 11) is 1.79. The van der Waals surface area contributed by atoms with Gasteiger partial charge in [0.1, 0.15) is 5.82 Å². The molecule has 0 bridgehead atoms. The van der Waals surface area contributed by atoms with Crippen molar-refractivity contribution in [3.63, 3.8) is 0 Å². The van der Waals surface area contributed by atoms with Gasteiger partial charge in [-0.05, 0) is 38.2 Å². The molecule has 1 aliphatic carbocycles. The van der Waals surface area contributed by atoms with Crippen LogP contribution in [-0.4, -0.2) is 34.5 Å². The van der Waals surface area contributed by atoms with Gasteiger partial charge in [-0.3, -0.25) is 9.36 Å². The van der Waals surface area contributed by atoms with Crippen molar-refractivity contribution in [2.24, 2.45) is 5.92 Å². The normalized spacial score (nSPS) is 13.6. The highest BCUT2D eigenvalue weighted by Crippen LogP contribution is 2.38. The standard InChI is InChI=1S/C19H27FN4O3.C2H6.C2H2/c1-4-12(7-8-25)10-22(3)17-11(2)16-14(9-15(17)20)18(26)24(21)19(27)23(16)13-5-6-13;2*1-2/h9,12-13,25H,4-8,10,21H2,1-3H3;1-2H3;1-2H. The third-order valence-electron chi connectivity index (χ3n) is 5.51. The second-order valence-corrected chi connectivity index (χ2v) is 7.45. The molecule has 1 unspecified atom stereocenters. The summed E-state index contributed by atoms with van der Waals surface area (Å²) >= 11 is 0. The molecule has 172 valence electrons. The van der Waals surface area contributed by atoms with Gasteiger partial charge in [-0.2, -0.15) is 4.68 Å². The second kappa shape index (κ2) is 11.6. The van der Waals surface area contributed by atoms with E-state index in [9.17, 15) is 19.1 Å². The number of fused-ring (bicyclic) bond motifs is 1. The third kappa shape index (κ3) is 5.28. The van der Waals surface area contributed by atoms with Crippen LogP contribution in [0.4, 0.5) is 10.1 Å². The summed E-state index contributed by atoms with van der Waals surface area (Å²) in [6.45, 7) is 8.43. The molecule has 3 N–H and O–H groups in total. The molecule has 8 heteroatoms. The lowest BCUT2D eigenvalue weighted by atomic mass is 10.0. The minimum Gasteiger partial charge on any atom is -0.396 e. The summed E-state index contributed by atoms with van der Waals surface area (Å²) < 4.78 is 17.1. The van der Waals surface area contributed by atoms with Crippen molar-refractivity contribution in [3.05, 3.63) is 38.3 Å². The Morgan fingerprint density at radius 1 is 1.32 bits per heavy atom. The molecular weight excluding hydrogens is 399 g/mol. The van der Waals surface area contributed by atoms with E-state index in [1.807, 2.05) is 25.7 Å². The first-order valence-corrected chi connectivity index (χ1v) is 10.7. The van der Waals surface area contributed by atoms with Gasteiger partial charge in [0.15, 0.2) is 0 Å². The lowest BCUT2D eigenvalue weighted by molar-refractivity contribution is 0.255. The number of nitrogens with zero attached hydrogens (tertiary/aromatic N) is 3. The molecule has 3 rings (SSSR count). The van der Waals surface area contributed by atoms with E-state index in [0.29, 0.717) is 34.4 Å². The smallest absolute Gasteiger partial charge is 0.350 e. The SMILES string of the molecule is C#C.CC.CCC(CCO)CN(C)c1c(F)cc2c(=O)n(N)c(=O)n(C3CC3)c2c1C. The molecule has 1 aromatic carbocycles. The number of hydrogen-bond acceptors (Lipinski definition) is 5. The van der Waals surface area contributed by atoms with Crippen molar-refractivity contribution < 1.29 is 9.50 Å². The van der Waals surface area contributed by atoms with Crippen LogP contribution >= 0.6 is 0 Å². The minimum atomic E-state index is -0.685. The number of anilines is 1.